The molecule has 2 aliphatic rings. The predicted molar refractivity (Wildman–Crippen MR) is 82.1 cm³/mol. The molecule has 0 aliphatic carbocycles. The van der Waals surface area contributed by atoms with Crippen LogP contribution in [0, 0.1) is 0 Å². The summed E-state index contributed by atoms with van der Waals surface area (Å²) in [6.45, 7) is 7.83. The van der Waals surface area contributed by atoms with Crippen LogP contribution in [0.1, 0.15) is 18.4 Å². The Morgan fingerprint density at radius 2 is 1.81 bits per heavy atom. The Hall–Kier alpha value is -1.46. The molecule has 0 saturated carbocycles. The number of nitrogens with zero attached hydrogens (tertiary/aromatic N) is 4. The molecule has 1 aromatic heterocycles. The maximum atomic E-state index is 12.5. The van der Waals surface area contributed by atoms with Crippen molar-refractivity contribution >= 4 is 5.91 Å². The molecule has 5 nitrogen and oxygen atoms in total. The summed E-state index contributed by atoms with van der Waals surface area (Å²) in [6, 6.07) is 4.12. The van der Waals surface area contributed by atoms with Gasteiger partial charge in [-0.25, -0.2) is 0 Å². The number of rotatable bonds is 3. The second-order valence-electron chi connectivity index (χ2n) is 6.24. The normalized spacial score (nSPS) is 22.9. The van der Waals surface area contributed by atoms with Crippen molar-refractivity contribution in [3.63, 3.8) is 0 Å². The minimum atomic E-state index is 0.0112. The Kier molecular flexibility index (Phi) is 4.22. The molecule has 3 heterocycles. The minimum absolute atomic E-state index is 0.0112. The van der Waals surface area contributed by atoms with Gasteiger partial charge in [-0.05, 0) is 31.7 Å². The number of likely N-dealkylation sites (N-methyl/N-ethyl adjacent to an activating group) is 1. The molecule has 2 fully saturated rings. The zero-order chi connectivity index (χ0) is 14.8. The fraction of sp³-hybridized carbons (Fsp3) is 0.625. The van der Waals surface area contributed by atoms with E-state index in [0.29, 0.717) is 5.92 Å². The van der Waals surface area contributed by atoms with Crippen molar-refractivity contribution in [3.05, 3.63) is 30.1 Å². The van der Waals surface area contributed by atoms with Gasteiger partial charge in [0.2, 0.25) is 5.91 Å². The van der Waals surface area contributed by atoms with Gasteiger partial charge in [-0.15, -0.1) is 0 Å². The van der Waals surface area contributed by atoms with Gasteiger partial charge in [0.05, 0.1) is 6.04 Å². The van der Waals surface area contributed by atoms with Gasteiger partial charge in [0.1, 0.15) is 0 Å². The molecule has 1 amide bonds. The van der Waals surface area contributed by atoms with Gasteiger partial charge in [-0.3, -0.25) is 14.7 Å². The number of aromatic nitrogens is 1. The highest BCUT2D eigenvalue weighted by Crippen LogP contribution is 2.27. The average Bonchev–Trinajstić information content (AvgIpc) is 2.47. The first kappa shape index (κ1) is 14.5. The van der Waals surface area contributed by atoms with E-state index in [1.165, 1.54) is 5.56 Å². The molecule has 1 unspecified atom stereocenters. The first-order valence-electron chi connectivity index (χ1n) is 7.76. The lowest BCUT2D eigenvalue weighted by atomic mass is 9.91. The van der Waals surface area contributed by atoms with Crippen LogP contribution in [0.3, 0.4) is 0 Å². The molecule has 1 atom stereocenters. The quantitative estimate of drug-likeness (QED) is 0.818. The Balaban J connectivity index is 1.51. The van der Waals surface area contributed by atoms with E-state index in [4.69, 9.17) is 0 Å². The first-order valence-corrected chi connectivity index (χ1v) is 7.76. The van der Waals surface area contributed by atoms with Crippen molar-refractivity contribution in [2.45, 2.75) is 18.9 Å². The average molecular weight is 288 g/mol. The lowest BCUT2D eigenvalue weighted by Crippen LogP contribution is -2.58. The summed E-state index contributed by atoms with van der Waals surface area (Å²) < 4.78 is 0. The van der Waals surface area contributed by atoms with Crippen LogP contribution in [0.25, 0.3) is 0 Å². The summed E-state index contributed by atoms with van der Waals surface area (Å²) in [4.78, 5) is 23.2. The Labute approximate surface area is 126 Å². The lowest BCUT2D eigenvalue weighted by Gasteiger charge is -2.43. The largest absolute Gasteiger partial charge is 0.340 e. The molecule has 114 valence electrons. The van der Waals surface area contributed by atoms with Crippen LogP contribution in [0.15, 0.2) is 24.5 Å². The smallest absolute Gasteiger partial charge is 0.239 e. The molecule has 0 radical (unpaired) electrons. The third kappa shape index (κ3) is 3.09. The number of pyridine rings is 1. The van der Waals surface area contributed by atoms with Gasteiger partial charge in [0.15, 0.2) is 0 Å². The van der Waals surface area contributed by atoms with Gasteiger partial charge in [-0.1, -0.05) is 0 Å². The van der Waals surface area contributed by atoms with Gasteiger partial charge < -0.3 is 9.80 Å². The number of likely N-dealkylation sites (tertiary alicyclic amines) is 1. The highest BCUT2D eigenvalue weighted by atomic mass is 16.2. The highest BCUT2D eigenvalue weighted by Gasteiger charge is 2.36. The molecule has 21 heavy (non-hydrogen) atoms. The van der Waals surface area contributed by atoms with Crippen LogP contribution in [0.4, 0.5) is 0 Å². The fourth-order valence-corrected chi connectivity index (χ4v) is 3.13. The number of carbonyl (C=O) groups excluding carboxylic acids is 1. The monoisotopic (exact) mass is 288 g/mol. The summed E-state index contributed by atoms with van der Waals surface area (Å²) in [6.07, 6.45) is 3.65. The van der Waals surface area contributed by atoms with Gasteiger partial charge in [0.25, 0.3) is 0 Å². The van der Waals surface area contributed by atoms with E-state index >= 15 is 0 Å². The molecule has 1 aromatic rings. The first-order chi connectivity index (χ1) is 10.1. The third-order valence-corrected chi connectivity index (χ3v) is 4.81. The number of carbonyl (C=O) groups is 1. The lowest BCUT2D eigenvalue weighted by molar-refractivity contribution is -0.141. The second-order valence-corrected chi connectivity index (χ2v) is 6.24. The SMILES string of the molecule is CC(C(=O)N1CC(c2ccncc2)C1)N1CCN(C)CC1. The molecule has 2 aliphatic heterocycles. The van der Waals surface area contributed by atoms with E-state index in [0.717, 1.165) is 39.3 Å². The molecule has 0 bridgehead atoms. The molecule has 3 rings (SSSR count). The number of amides is 1. The highest BCUT2D eigenvalue weighted by molar-refractivity contribution is 5.82. The molecule has 0 N–H and O–H groups in total. The minimum Gasteiger partial charge on any atom is -0.340 e. The zero-order valence-corrected chi connectivity index (χ0v) is 12.9. The Morgan fingerprint density at radius 3 is 2.43 bits per heavy atom. The van der Waals surface area contributed by atoms with E-state index in [-0.39, 0.29) is 11.9 Å². The summed E-state index contributed by atoms with van der Waals surface area (Å²) in [5.41, 5.74) is 1.29. The second kappa shape index (κ2) is 6.12. The van der Waals surface area contributed by atoms with Gasteiger partial charge >= 0.3 is 0 Å². The Bertz CT molecular complexity index is 478. The maximum Gasteiger partial charge on any atom is 0.239 e. The molecule has 0 aromatic carbocycles. The number of piperazine rings is 1. The fourth-order valence-electron chi connectivity index (χ4n) is 3.13. The van der Waals surface area contributed by atoms with Crippen molar-refractivity contribution in [2.24, 2.45) is 0 Å². The topological polar surface area (TPSA) is 39.7 Å². The standard InChI is InChI=1S/C16H24N4O/c1-13(19-9-7-18(2)8-10-19)16(21)20-11-15(12-20)14-3-5-17-6-4-14/h3-6,13,15H,7-12H2,1-2H3. The van der Waals surface area contributed by atoms with E-state index in [9.17, 15) is 4.79 Å². The summed E-state index contributed by atoms with van der Waals surface area (Å²) in [5.74, 6) is 0.765. The summed E-state index contributed by atoms with van der Waals surface area (Å²) in [7, 11) is 2.14. The third-order valence-electron chi connectivity index (χ3n) is 4.81. The van der Waals surface area contributed by atoms with E-state index in [1.54, 1.807) is 0 Å². The van der Waals surface area contributed by atoms with Crippen molar-refractivity contribution in [1.82, 2.24) is 19.7 Å². The molecule has 0 spiro atoms. The van der Waals surface area contributed by atoms with E-state index < -0.39 is 0 Å². The van der Waals surface area contributed by atoms with E-state index in [1.807, 2.05) is 24.2 Å². The van der Waals surface area contributed by atoms with Gasteiger partial charge in [0, 0.05) is 57.6 Å². The van der Waals surface area contributed by atoms with Crippen molar-refractivity contribution in [1.29, 1.82) is 0 Å². The summed E-state index contributed by atoms with van der Waals surface area (Å²) >= 11 is 0. The molecule has 5 heteroatoms. The van der Waals surface area contributed by atoms with Crippen LogP contribution in [0.5, 0.6) is 0 Å². The summed E-state index contributed by atoms with van der Waals surface area (Å²) in [5, 5.41) is 0. The molecular weight excluding hydrogens is 264 g/mol. The predicted octanol–water partition coefficient (Wildman–Crippen LogP) is 0.643. The molecule has 2 saturated heterocycles. The van der Waals surface area contributed by atoms with Crippen molar-refractivity contribution < 1.29 is 4.79 Å². The van der Waals surface area contributed by atoms with Crippen LogP contribution in [-0.4, -0.2) is 77.9 Å². The zero-order valence-electron chi connectivity index (χ0n) is 12.9. The van der Waals surface area contributed by atoms with Crippen LogP contribution in [-0.2, 0) is 4.79 Å². The van der Waals surface area contributed by atoms with Crippen LogP contribution >= 0.6 is 0 Å². The Morgan fingerprint density at radius 1 is 1.19 bits per heavy atom. The van der Waals surface area contributed by atoms with Crippen LogP contribution < -0.4 is 0 Å². The van der Waals surface area contributed by atoms with E-state index in [2.05, 4.69) is 34.0 Å². The number of hydrogen-bond donors (Lipinski definition) is 0. The van der Waals surface area contributed by atoms with Gasteiger partial charge in [-0.2, -0.15) is 0 Å². The van der Waals surface area contributed by atoms with Crippen molar-refractivity contribution in [3.8, 4) is 0 Å². The van der Waals surface area contributed by atoms with Crippen molar-refractivity contribution in [2.75, 3.05) is 46.3 Å². The number of hydrogen-bond acceptors (Lipinski definition) is 4. The maximum absolute atomic E-state index is 12.5. The molecular formula is C16H24N4O. The van der Waals surface area contributed by atoms with Crippen LogP contribution in [0.2, 0.25) is 0 Å².